The molecule has 5 nitrogen and oxygen atoms in total. The molecule has 6 heteroatoms. The van der Waals surface area contributed by atoms with Gasteiger partial charge in [0.1, 0.15) is 0 Å². The van der Waals surface area contributed by atoms with Gasteiger partial charge in [-0.2, -0.15) is 4.68 Å². The van der Waals surface area contributed by atoms with Crippen LogP contribution in [0.25, 0.3) is 10.8 Å². The zero-order chi connectivity index (χ0) is 10.7. The van der Waals surface area contributed by atoms with Gasteiger partial charge in [-0.1, -0.05) is 6.07 Å². The van der Waals surface area contributed by atoms with Crippen LogP contribution in [0, 0.1) is 0 Å². The molecule has 0 N–H and O–H groups in total. The molecule has 0 saturated carbocycles. The maximum absolute atomic E-state index is 11.3. The molecule has 2 rings (SSSR count). The number of hydrogen-bond acceptors (Lipinski definition) is 5. The van der Waals surface area contributed by atoms with E-state index in [1.807, 2.05) is 17.5 Å². The van der Waals surface area contributed by atoms with Gasteiger partial charge in [0.05, 0.1) is 18.0 Å². The molecule has 0 fully saturated rings. The number of hydrogen-bond donors (Lipinski definition) is 0. The monoisotopic (exact) mass is 226 g/mol. The van der Waals surface area contributed by atoms with Crippen molar-refractivity contribution in [2.24, 2.45) is 0 Å². The Labute approximate surface area is 89.9 Å². The fraction of sp³-hybridized carbons (Fsp3) is 0.333. The molecule has 2 aromatic heterocycles. The third-order valence-corrected chi connectivity index (χ3v) is 2.70. The van der Waals surface area contributed by atoms with E-state index in [4.69, 9.17) is 9.15 Å². The van der Waals surface area contributed by atoms with Crippen molar-refractivity contribution in [3.63, 3.8) is 0 Å². The minimum atomic E-state index is -0.449. The molecule has 0 saturated heterocycles. The van der Waals surface area contributed by atoms with Gasteiger partial charge in [-0.3, -0.25) is 0 Å². The van der Waals surface area contributed by atoms with Crippen LogP contribution in [0.15, 0.2) is 26.7 Å². The van der Waals surface area contributed by atoms with Crippen molar-refractivity contribution < 1.29 is 9.15 Å². The van der Waals surface area contributed by atoms with Crippen molar-refractivity contribution in [1.82, 2.24) is 9.78 Å². The van der Waals surface area contributed by atoms with E-state index < -0.39 is 5.76 Å². The predicted molar refractivity (Wildman–Crippen MR) is 56.0 cm³/mol. The van der Waals surface area contributed by atoms with Crippen molar-refractivity contribution in [3.8, 4) is 10.8 Å². The van der Waals surface area contributed by atoms with Gasteiger partial charge in [0.2, 0.25) is 0 Å². The fourth-order valence-electron chi connectivity index (χ4n) is 1.13. The Morgan fingerprint density at radius 1 is 1.67 bits per heavy atom. The van der Waals surface area contributed by atoms with E-state index in [0.29, 0.717) is 19.0 Å². The number of nitrogens with zero attached hydrogens (tertiary/aromatic N) is 2. The zero-order valence-electron chi connectivity index (χ0n) is 8.17. The van der Waals surface area contributed by atoms with Gasteiger partial charge in [0, 0.05) is 7.11 Å². The SMILES string of the molecule is COCCn1nc(-c2cccs2)oc1=O. The minimum absolute atomic E-state index is 0.367. The highest BCUT2D eigenvalue weighted by molar-refractivity contribution is 7.13. The van der Waals surface area contributed by atoms with Crippen LogP contribution in [0.5, 0.6) is 0 Å². The molecule has 0 atom stereocenters. The Morgan fingerprint density at radius 2 is 2.53 bits per heavy atom. The number of rotatable bonds is 4. The van der Waals surface area contributed by atoms with Crippen molar-refractivity contribution >= 4 is 11.3 Å². The molecule has 0 unspecified atom stereocenters. The molecular weight excluding hydrogens is 216 g/mol. The summed E-state index contributed by atoms with van der Waals surface area (Å²) in [7, 11) is 1.57. The van der Waals surface area contributed by atoms with Crippen LogP contribution in [0.3, 0.4) is 0 Å². The second kappa shape index (κ2) is 4.41. The molecule has 2 heterocycles. The molecule has 0 amide bonds. The topological polar surface area (TPSA) is 57.3 Å². The quantitative estimate of drug-likeness (QED) is 0.786. The number of aromatic nitrogens is 2. The van der Waals surface area contributed by atoms with Crippen molar-refractivity contribution in [3.05, 3.63) is 28.1 Å². The first-order valence-electron chi connectivity index (χ1n) is 4.42. The highest BCUT2D eigenvalue weighted by Gasteiger charge is 2.10. The van der Waals surface area contributed by atoms with Crippen LogP contribution in [-0.2, 0) is 11.3 Å². The standard InChI is InChI=1S/C9H10N2O3S/c1-13-5-4-11-9(12)14-8(10-11)7-3-2-6-15-7/h2-3,6H,4-5H2,1H3. The predicted octanol–water partition coefficient (Wildman–Crippen LogP) is 1.21. The lowest BCUT2D eigenvalue weighted by molar-refractivity contribution is 0.181. The van der Waals surface area contributed by atoms with E-state index in [-0.39, 0.29) is 0 Å². The first-order chi connectivity index (χ1) is 7.31. The molecule has 0 spiro atoms. The molecule has 0 bridgehead atoms. The molecule has 0 radical (unpaired) electrons. The molecule has 80 valence electrons. The Bertz CT molecular complexity index is 472. The van der Waals surface area contributed by atoms with Gasteiger partial charge in [-0.15, -0.1) is 16.4 Å². The Kier molecular flexibility index (Phi) is 2.98. The first kappa shape index (κ1) is 10.1. The van der Waals surface area contributed by atoms with Crippen LogP contribution in [-0.4, -0.2) is 23.5 Å². The lowest BCUT2D eigenvalue weighted by Gasteiger charge is -1.94. The summed E-state index contributed by atoms with van der Waals surface area (Å²) in [6.45, 7) is 0.848. The minimum Gasteiger partial charge on any atom is -0.387 e. The number of methoxy groups -OCH3 is 1. The number of thiophene rings is 1. The van der Waals surface area contributed by atoms with E-state index in [9.17, 15) is 4.79 Å². The van der Waals surface area contributed by atoms with Gasteiger partial charge >= 0.3 is 5.76 Å². The smallest absolute Gasteiger partial charge is 0.387 e. The first-order valence-corrected chi connectivity index (χ1v) is 5.30. The normalized spacial score (nSPS) is 10.7. The molecule has 0 aliphatic carbocycles. The summed E-state index contributed by atoms with van der Waals surface area (Å²) in [5.74, 6) is -0.0819. The summed E-state index contributed by atoms with van der Waals surface area (Å²) >= 11 is 1.48. The third-order valence-electron chi connectivity index (χ3n) is 1.85. The summed E-state index contributed by atoms with van der Waals surface area (Å²) in [6.07, 6.45) is 0. The van der Waals surface area contributed by atoms with E-state index in [2.05, 4.69) is 5.10 Å². The average Bonchev–Trinajstić information content (AvgIpc) is 2.83. The molecule has 2 aromatic rings. The Balaban J connectivity index is 2.25. The van der Waals surface area contributed by atoms with Crippen molar-refractivity contribution in [2.45, 2.75) is 6.54 Å². The van der Waals surface area contributed by atoms with Crippen molar-refractivity contribution in [2.75, 3.05) is 13.7 Å². The molecule has 0 aliphatic heterocycles. The summed E-state index contributed by atoms with van der Waals surface area (Å²) in [5.41, 5.74) is 0. The molecular formula is C9H10N2O3S. The molecule has 15 heavy (non-hydrogen) atoms. The summed E-state index contributed by atoms with van der Waals surface area (Å²) in [6, 6.07) is 3.74. The summed E-state index contributed by atoms with van der Waals surface area (Å²) in [5, 5.41) is 5.96. The maximum atomic E-state index is 11.3. The van der Waals surface area contributed by atoms with Gasteiger partial charge in [0.25, 0.3) is 5.89 Å². The second-order valence-corrected chi connectivity index (χ2v) is 3.81. The molecule has 0 aliphatic rings. The van der Waals surface area contributed by atoms with Crippen LogP contribution in [0.4, 0.5) is 0 Å². The number of ether oxygens (including phenoxy) is 1. The zero-order valence-corrected chi connectivity index (χ0v) is 8.99. The second-order valence-electron chi connectivity index (χ2n) is 2.87. The van der Waals surface area contributed by atoms with Gasteiger partial charge in [0.15, 0.2) is 0 Å². The summed E-state index contributed by atoms with van der Waals surface area (Å²) in [4.78, 5) is 12.2. The van der Waals surface area contributed by atoms with E-state index in [1.165, 1.54) is 16.0 Å². The highest BCUT2D eigenvalue weighted by Crippen LogP contribution is 2.20. The fourth-order valence-corrected chi connectivity index (χ4v) is 1.77. The van der Waals surface area contributed by atoms with Crippen LogP contribution in [0.1, 0.15) is 0 Å². The third kappa shape index (κ3) is 2.16. The van der Waals surface area contributed by atoms with E-state index in [1.54, 1.807) is 7.11 Å². The van der Waals surface area contributed by atoms with Crippen LogP contribution < -0.4 is 5.76 Å². The average molecular weight is 226 g/mol. The molecule has 0 aromatic carbocycles. The van der Waals surface area contributed by atoms with E-state index in [0.717, 1.165) is 4.88 Å². The largest absolute Gasteiger partial charge is 0.437 e. The van der Waals surface area contributed by atoms with E-state index >= 15 is 0 Å². The Morgan fingerprint density at radius 3 is 3.20 bits per heavy atom. The van der Waals surface area contributed by atoms with Gasteiger partial charge in [-0.25, -0.2) is 4.79 Å². The Hall–Kier alpha value is -1.40. The maximum Gasteiger partial charge on any atom is 0.437 e. The lowest BCUT2D eigenvalue weighted by atomic mass is 10.5. The lowest BCUT2D eigenvalue weighted by Crippen LogP contribution is -2.18. The highest BCUT2D eigenvalue weighted by atomic mass is 32.1. The van der Waals surface area contributed by atoms with Crippen LogP contribution in [0.2, 0.25) is 0 Å². The van der Waals surface area contributed by atoms with Gasteiger partial charge in [-0.05, 0) is 11.4 Å². The van der Waals surface area contributed by atoms with Crippen LogP contribution >= 0.6 is 11.3 Å². The van der Waals surface area contributed by atoms with Crippen molar-refractivity contribution in [1.29, 1.82) is 0 Å². The van der Waals surface area contributed by atoms with Gasteiger partial charge < -0.3 is 9.15 Å². The summed E-state index contributed by atoms with van der Waals surface area (Å²) < 4.78 is 11.1.